The van der Waals surface area contributed by atoms with Gasteiger partial charge in [-0.25, -0.2) is 19.9 Å². The van der Waals surface area contributed by atoms with Crippen LogP contribution in [-0.2, 0) is 0 Å². The maximum Gasteiger partial charge on any atom is 0.180 e. The molecule has 0 amide bonds. The highest BCUT2D eigenvalue weighted by Gasteiger charge is 2.06. The van der Waals surface area contributed by atoms with Gasteiger partial charge in [-0.2, -0.15) is 0 Å². The second-order valence-corrected chi connectivity index (χ2v) is 3.50. The number of hydrogen-bond donors (Lipinski definition) is 0. The van der Waals surface area contributed by atoms with Gasteiger partial charge in [0.2, 0.25) is 0 Å². The van der Waals surface area contributed by atoms with Crippen molar-refractivity contribution in [1.82, 2.24) is 24.9 Å². The predicted molar refractivity (Wildman–Crippen MR) is 65.1 cm³/mol. The van der Waals surface area contributed by atoms with Crippen molar-refractivity contribution in [1.29, 1.82) is 0 Å². The van der Waals surface area contributed by atoms with Gasteiger partial charge in [-0.3, -0.25) is 4.98 Å². The van der Waals surface area contributed by atoms with Crippen LogP contribution in [0.1, 0.15) is 0 Å². The molecular weight excluding hydrogens is 226 g/mol. The van der Waals surface area contributed by atoms with Crippen molar-refractivity contribution < 1.29 is 0 Å². The van der Waals surface area contributed by atoms with Crippen molar-refractivity contribution in [2.45, 2.75) is 0 Å². The van der Waals surface area contributed by atoms with Gasteiger partial charge in [0.25, 0.3) is 0 Å². The van der Waals surface area contributed by atoms with Gasteiger partial charge in [0.15, 0.2) is 5.82 Å². The highest BCUT2D eigenvalue weighted by Crippen LogP contribution is 2.16. The zero-order valence-electron chi connectivity index (χ0n) is 9.35. The fourth-order valence-corrected chi connectivity index (χ4v) is 1.49. The summed E-state index contributed by atoms with van der Waals surface area (Å²) in [6.45, 7) is 0. The molecule has 0 aromatic carbocycles. The molecule has 1 radical (unpaired) electrons. The summed E-state index contributed by atoms with van der Waals surface area (Å²) in [4.78, 5) is 20.9. The van der Waals surface area contributed by atoms with Crippen molar-refractivity contribution >= 4 is 0 Å². The van der Waals surface area contributed by atoms with Crippen molar-refractivity contribution in [3.05, 3.63) is 55.2 Å². The largest absolute Gasteiger partial charge is 0.255 e. The lowest BCUT2D eigenvalue weighted by Gasteiger charge is -2.01. The summed E-state index contributed by atoms with van der Waals surface area (Å²) in [6.07, 6.45) is 9.43. The molecule has 0 aliphatic carbocycles. The Morgan fingerprint density at radius 3 is 2.44 bits per heavy atom. The summed E-state index contributed by atoms with van der Waals surface area (Å²) in [5.74, 6) is 0.503. The van der Waals surface area contributed by atoms with Crippen LogP contribution in [0.25, 0.3) is 22.9 Å². The minimum Gasteiger partial charge on any atom is -0.255 e. The fraction of sp³-hybridized carbons (Fsp3) is 0. The van der Waals surface area contributed by atoms with Gasteiger partial charge in [-0.1, -0.05) is 6.07 Å². The van der Waals surface area contributed by atoms with Crippen LogP contribution in [0, 0.1) is 6.20 Å². The predicted octanol–water partition coefficient (Wildman–Crippen LogP) is 1.80. The van der Waals surface area contributed by atoms with Crippen molar-refractivity contribution in [2.75, 3.05) is 0 Å². The molecule has 85 valence electrons. The number of rotatable bonds is 2. The summed E-state index contributed by atoms with van der Waals surface area (Å²) in [6, 6.07) is 7.38. The summed E-state index contributed by atoms with van der Waals surface area (Å²) >= 11 is 0. The molecule has 0 bridgehead atoms. The third-order valence-electron chi connectivity index (χ3n) is 2.29. The molecule has 0 atom stereocenters. The van der Waals surface area contributed by atoms with E-state index in [1.807, 2.05) is 18.2 Å². The van der Waals surface area contributed by atoms with Crippen molar-refractivity contribution in [3.63, 3.8) is 0 Å². The molecule has 0 saturated carbocycles. The van der Waals surface area contributed by atoms with E-state index in [2.05, 4.69) is 31.1 Å². The Kier molecular flexibility index (Phi) is 2.71. The van der Waals surface area contributed by atoms with Gasteiger partial charge in [-0.15, -0.1) is 0 Å². The first-order valence-corrected chi connectivity index (χ1v) is 5.37. The van der Waals surface area contributed by atoms with Crippen molar-refractivity contribution in [3.8, 4) is 22.9 Å². The number of nitrogens with zero attached hydrogens (tertiary/aromatic N) is 5. The van der Waals surface area contributed by atoms with Crippen LogP contribution in [0.15, 0.2) is 49.1 Å². The van der Waals surface area contributed by atoms with Crippen LogP contribution in [0.3, 0.4) is 0 Å². The lowest BCUT2D eigenvalue weighted by Crippen LogP contribution is -1.95. The maximum atomic E-state index is 4.41. The van der Waals surface area contributed by atoms with Gasteiger partial charge >= 0.3 is 0 Å². The van der Waals surface area contributed by atoms with Gasteiger partial charge in [-0.05, 0) is 18.2 Å². The Morgan fingerprint density at radius 2 is 1.67 bits per heavy atom. The van der Waals surface area contributed by atoms with E-state index in [9.17, 15) is 0 Å². The lowest BCUT2D eigenvalue weighted by molar-refractivity contribution is 1.10. The Hall–Kier alpha value is -2.69. The van der Waals surface area contributed by atoms with Crippen LogP contribution in [0.5, 0.6) is 0 Å². The molecule has 3 rings (SSSR count). The number of aromatic nitrogens is 5. The molecule has 3 aromatic rings. The molecule has 5 nitrogen and oxygen atoms in total. The quantitative estimate of drug-likeness (QED) is 0.676. The van der Waals surface area contributed by atoms with Crippen LogP contribution < -0.4 is 0 Å². The molecule has 3 heterocycles. The molecule has 0 spiro atoms. The number of pyridine rings is 1. The molecule has 0 N–H and O–H groups in total. The zero-order chi connectivity index (χ0) is 12.2. The molecule has 0 fully saturated rings. The van der Waals surface area contributed by atoms with Crippen LogP contribution in [-0.4, -0.2) is 24.9 Å². The molecule has 0 aliphatic rings. The summed E-state index contributed by atoms with van der Waals surface area (Å²) in [7, 11) is 0. The maximum absolute atomic E-state index is 4.41. The van der Waals surface area contributed by atoms with Crippen LogP contribution in [0.4, 0.5) is 0 Å². The molecule has 0 unspecified atom stereocenters. The third-order valence-corrected chi connectivity index (χ3v) is 2.29. The van der Waals surface area contributed by atoms with Gasteiger partial charge in [0.05, 0.1) is 11.9 Å². The molecule has 0 saturated heterocycles. The Morgan fingerprint density at radius 1 is 0.833 bits per heavy atom. The second-order valence-electron chi connectivity index (χ2n) is 3.50. The normalized spacial score (nSPS) is 10.2. The highest BCUT2D eigenvalue weighted by molar-refractivity contribution is 5.57. The van der Waals surface area contributed by atoms with Gasteiger partial charge in [0, 0.05) is 18.6 Å². The fourth-order valence-electron chi connectivity index (χ4n) is 1.49. The highest BCUT2D eigenvalue weighted by atomic mass is 14.9. The first-order chi connectivity index (χ1) is 8.93. The number of hydrogen-bond acceptors (Lipinski definition) is 5. The second kappa shape index (κ2) is 4.67. The van der Waals surface area contributed by atoms with E-state index >= 15 is 0 Å². The molecule has 3 aromatic heterocycles. The molecular formula is C13H8N5. The Labute approximate surface area is 104 Å². The average Bonchev–Trinajstić information content (AvgIpc) is 2.49. The molecule has 0 aliphatic heterocycles. The van der Waals surface area contributed by atoms with E-state index in [4.69, 9.17) is 0 Å². The van der Waals surface area contributed by atoms with Crippen LogP contribution in [0.2, 0.25) is 0 Å². The van der Waals surface area contributed by atoms with E-state index < -0.39 is 0 Å². The van der Waals surface area contributed by atoms with Crippen LogP contribution >= 0.6 is 0 Å². The van der Waals surface area contributed by atoms with E-state index in [-0.39, 0.29) is 0 Å². The third kappa shape index (κ3) is 2.06. The Bertz CT molecular complexity index is 585. The molecule has 5 heteroatoms. The van der Waals surface area contributed by atoms with E-state index in [0.717, 1.165) is 5.69 Å². The SMILES string of the molecule is [c]1ncc(-c2ccccn2)nc1-c1ncccn1. The minimum absolute atomic E-state index is 0.503. The standard InChI is InChI=1S/C13H8N5/c1-2-5-15-10(4-1)11-8-14-9-12(18-11)13-16-6-3-7-17-13/h1-8H. The van der Waals surface area contributed by atoms with E-state index in [1.165, 1.54) is 0 Å². The van der Waals surface area contributed by atoms with E-state index in [0.29, 0.717) is 17.2 Å². The summed E-state index contributed by atoms with van der Waals surface area (Å²) in [5, 5.41) is 0. The Balaban J connectivity index is 2.05. The minimum atomic E-state index is 0.503. The smallest absolute Gasteiger partial charge is 0.180 e. The van der Waals surface area contributed by atoms with Gasteiger partial charge in [0.1, 0.15) is 17.6 Å². The first-order valence-electron chi connectivity index (χ1n) is 5.37. The summed E-state index contributed by atoms with van der Waals surface area (Å²) < 4.78 is 0. The topological polar surface area (TPSA) is 64.5 Å². The monoisotopic (exact) mass is 234 g/mol. The van der Waals surface area contributed by atoms with Crippen molar-refractivity contribution in [2.24, 2.45) is 0 Å². The molecule has 18 heavy (non-hydrogen) atoms. The zero-order valence-corrected chi connectivity index (χ0v) is 9.35. The summed E-state index contributed by atoms with van der Waals surface area (Å²) in [5.41, 5.74) is 1.95. The average molecular weight is 234 g/mol. The lowest BCUT2D eigenvalue weighted by atomic mass is 10.3. The van der Waals surface area contributed by atoms with Gasteiger partial charge < -0.3 is 0 Å². The van der Waals surface area contributed by atoms with E-state index in [1.54, 1.807) is 30.9 Å². The first kappa shape index (κ1) is 10.5.